The minimum atomic E-state index is -3.54. The number of methoxy groups -OCH3 is 1. The van der Waals surface area contributed by atoms with Crippen molar-refractivity contribution >= 4 is 33.4 Å². The predicted molar refractivity (Wildman–Crippen MR) is 126 cm³/mol. The lowest BCUT2D eigenvalue weighted by Crippen LogP contribution is -2.30. The topological polar surface area (TPSA) is 119 Å². The molecule has 33 heavy (non-hydrogen) atoms. The van der Waals surface area contributed by atoms with Gasteiger partial charge in [-0.05, 0) is 59.3 Å². The number of nitrogens with zero attached hydrogens (tertiary/aromatic N) is 5. The number of amides is 1. The van der Waals surface area contributed by atoms with E-state index in [0.29, 0.717) is 35.4 Å². The van der Waals surface area contributed by atoms with E-state index in [9.17, 15) is 13.2 Å². The number of tetrazole rings is 1. The molecule has 12 heteroatoms. The van der Waals surface area contributed by atoms with Crippen LogP contribution in [0.4, 0.5) is 5.69 Å². The molecule has 0 bridgehead atoms. The highest BCUT2D eigenvalue weighted by molar-refractivity contribution is 7.99. The first-order valence-electron chi connectivity index (χ1n) is 10.3. The van der Waals surface area contributed by atoms with E-state index >= 15 is 0 Å². The number of carbonyl (C=O) groups excluding carboxylic acids is 1. The van der Waals surface area contributed by atoms with Crippen LogP contribution in [0.1, 0.15) is 19.4 Å². The predicted octanol–water partition coefficient (Wildman–Crippen LogP) is 2.74. The van der Waals surface area contributed by atoms with Crippen molar-refractivity contribution in [3.8, 4) is 11.4 Å². The molecule has 2 aromatic carbocycles. The number of nitrogens with one attached hydrogen (secondary N) is 1. The van der Waals surface area contributed by atoms with Crippen LogP contribution in [0.15, 0.2) is 52.5 Å². The third kappa shape index (κ3) is 5.70. The van der Waals surface area contributed by atoms with Gasteiger partial charge in [0.1, 0.15) is 11.4 Å². The molecule has 3 aromatic rings. The van der Waals surface area contributed by atoms with Crippen molar-refractivity contribution in [1.29, 1.82) is 0 Å². The zero-order valence-electron chi connectivity index (χ0n) is 18.8. The Morgan fingerprint density at radius 1 is 1.15 bits per heavy atom. The SMILES string of the molecule is CCN(CC)S(=O)(=O)c1ccc(NC(=O)CSc2nnnn2-c2cc(C)ccc2OC)cc1. The highest BCUT2D eigenvalue weighted by Crippen LogP contribution is 2.27. The van der Waals surface area contributed by atoms with Gasteiger partial charge in [-0.3, -0.25) is 4.79 Å². The summed E-state index contributed by atoms with van der Waals surface area (Å²) in [5, 5.41) is 14.9. The van der Waals surface area contributed by atoms with Crippen molar-refractivity contribution < 1.29 is 17.9 Å². The standard InChI is InChI=1S/C21H26N6O4S2/c1-5-26(6-2)33(29,30)17-10-8-16(9-11-17)22-20(28)14-32-21-23-24-25-27(21)18-13-15(3)7-12-19(18)31-4/h7-13H,5-6,14H2,1-4H3,(H,22,28). The molecule has 1 amide bonds. The fraction of sp³-hybridized carbons (Fsp3) is 0.333. The van der Waals surface area contributed by atoms with Gasteiger partial charge in [0.25, 0.3) is 0 Å². The van der Waals surface area contributed by atoms with Crippen LogP contribution in [-0.4, -0.2) is 64.8 Å². The van der Waals surface area contributed by atoms with Crippen molar-refractivity contribution in [3.05, 3.63) is 48.0 Å². The van der Waals surface area contributed by atoms with E-state index in [1.807, 2.05) is 25.1 Å². The van der Waals surface area contributed by atoms with Crippen LogP contribution in [0.2, 0.25) is 0 Å². The number of hydrogen-bond acceptors (Lipinski definition) is 8. The van der Waals surface area contributed by atoms with Crippen LogP contribution in [0.3, 0.4) is 0 Å². The molecule has 0 saturated carbocycles. The molecule has 176 valence electrons. The van der Waals surface area contributed by atoms with Gasteiger partial charge in [0.15, 0.2) is 0 Å². The maximum absolute atomic E-state index is 12.6. The molecule has 0 atom stereocenters. The molecule has 0 saturated heterocycles. The van der Waals surface area contributed by atoms with E-state index < -0.39 is 10.0 Å². The van der Waals surface area contributed by atoms with E-state index in [0.717, 1.165) is 5.56 Å². The number of benzene rings is 2. The first-order valence-corrected chi connectivity index (χ1v) is 12.7. The van der Waals surface area contributed by atoms with Crippen molar-refractivity contribution in [2.45, 2.75) is 30.8 Å². The number of aryl methyl sites for hydroxylation is 1. The number of carbonyl (C=O) groups is 1. The van der Waals surface area contributed by atoms with Gasteiger partial charge < -0.3 is 10.1 Å². The monoisotopic (exact) mass is 490 g/mol. The average Bonchev–Trinajstić information content (AvgIpc) is 3.27. The highest BCUT2D eigenvalue weighted by atomic mass is 32.2. The van der Waals surface area contributed by atoms with Crippen molar-refractivity contribution in [1.82, 2.24) is 24.5 Å². The number of ether oxygens (including phenoxy) is 1. The Morgan fingerprint density at radius 3 is 2.48 bits per heavy atom. The van der Waals surface area contributed by atoms with Gasteiger partial charge in [-0.2, -0.15) is 8.99 Å². The normalized spacial score (nSPS) is 11.5. The molecule has 0 radical (unpaired) electrons. The second-order valence-corrected chi connectivity index (χ2v) is 9.88. The molecule has 0 aliphatic carbocycles. The minimum Gasteiger partial charge on any atom is -0.494 e. The van der Waals surface area contributed by atoms with Crippen LogP contribution in [0.5, 0.6) is 5.75 Å². The minimum absolute atomic E-state index is 0.0635. The van der Waals surface area contributed by atoms with Gasteiger partial charge in [0.05, 0.1) is 17.8 Å². The van der Waals surface area contributed by atoms with E-state index in [2.05, 4.69) is 20.8 Å². The summed E-state index contributed by atoms with van der Waals surface area (Å²) in [6.07, 6.45) is 0. The number of hydrogen-bond donors (Lipinski definition) is 1. The smallest absolute Gasteiger partial charge is 0.243 e. The quantitative estimate of drug-likeness (QED) is 0.431. The number of anilines is 1. The van der Waals surface area contributed by atoms with Crippen molar-refractivity contribution in [2.75, 3.05) is 31.3 Å². The molecular weight excluding hydrogens is 464 g/mol. The Morgan fingerprint density at radius 2 is 1.85 bits per heavy atom. The molecule has 0 aliphatic rings. The van der Waals surface area contributed by atoms with E-state index in [1.165, 1.54) is 32.9 Å². The second-order valence-electron chi connectivity index (χ2n) is 7.00. The Labute approximate surface area is 197 Å². The van der Waals surface area contributed by atoms with Gasteiger partial charge in [0, 0.05) is 18.8 Å². The largest absolute Gasteiger partial charge is 0.494 e. The number of aromatic nitrogens is 4. The molecule has 1 N–H and O–H groups in total. The van der Waals surface area contributed by atoms with Gasteiger partial charge in [-0.15, -0.1) is 5.10 Å². The highest BCUT2D eigenvalue weighted by Gasteiger charge is 2.21. The van der Waals surface area contributed by atoms with Crippen molar-refractivity contribution in [2.24, 2.45) is 0 Å². The Bertz CT molecular complexity index is 1210. The lowest BCUT2D eigenvalue weighted by atomic mass is 10.2. The van der Waals surface area contributed by atoms with E-state index in [4.69, 9.17) is 4.74 Å². The fourth-order valence-electron chi connectivity index (χ4n) is 3.14. The average molecular weight is 491 g/mol. The summed E-state index contributed by atoms with van der Waals surface area (Å²) in [6, 6.07) is 11.8. The maximum atomic E-state index is 12.6. The molecule has 3 rings (SSSR count). The molecule has 1 aromatic heterocycles. The molecule has 0 unspecified atom stereocenters. The molecular formula is C21H26N6O4S2. The van der Waals surface area contributed by atoms with Crippen molar-refractivity contribution in [3.63, 3.8) is 0 Å². The number of rotatable bonds is 10. The van der Waals surface area contributed by atoms with E-state index in [1.54, 1.807) is 33.1 Å². The van der Waals surface area contributed by atoms with E-state index in [-0.39, 0.29) is 16.6 Å². The summed E-state index contributed by atoms with van der Waals surface area (Å²) in [7, 11) is -1.98. The van der Waals surface area contributed by atoms with Crippen LogP contribution in [0, 0.1) is 6.92 Å². The number of sulfonamides is 1. The molecule has 1 heterocycles. The zero-order valence-corrected chi connectivity index (χ0v) is 20.5. The third-order valence-corrected chi connectivity index (χ3v) is 7.80. The van der Waals surface area contributed by atoms with Crippen LogP contribution >= 0.6 is 11.8 Å². The Balaban J connectivity index is 1.66. The summed E-state index contributed by atoms with van der Waals surface area (Å²) in [4.78, 5) is 12.6. The maximum Gasteiger partial charge on any atom is 0.243 e. The summed E-state index contributed by atoms with van der Waals surface area (Å²) >= 11 is 1.17. The Hall–Kier alpha value is -2.96. The Kier molecular flexibility index (Phi) is 8.06. The van der Waals surface area contributed by atoms with Crippen LogP contribution in [0.25, 0.3) is 5.69 Å². The number of thioether (sulfide) groups is 1. The molecule has 10 nitrogen and oxygen atoms in total. The molecule has 0 spiro atoms. The fourth-order valence-corrected chi connectivity index (χ4v) is 5.28. The van der Waals surface area contributed by atoms with Crippen LogP contribution < -0.4 is 10.1 Å². The molecule has 0 aliphatic heterocycles. The van der Waals surface area contributed by atoms with Gasteiger partial charge in [-0.25, -0.2) is 8.42 Å². The molecule has 0 fully saturated rings. The zero-order chi connectivity index (χ0) is 24.0. The first kappa shape index (κ1) is 24.7. The lowest BCUT2D eigenvalue weighted by molar-refractivity contribution is -0.113. The summed E-state index contributed by atoms with van der Waals surface area (Å²) in [5.74, 6) is 0.401. The summed E-state index contributed by atoms with van der Waals surface area (Å²) in [5.41, 5.74) is 2.19. The van der Waals surface area contributed by atoms with Gasteiger partial charge >= 0.3 is 0 Å². The third-order valence-electron chi connectivity index (χ3n) is 4.82. The van der Waals surface area contributed by atoms with Gasteiger partial charge in [-0.1, -0.05) is 31.7 Å². The lowest BCUT2D eigenvalue weighted by Gasteiger charge is -2.18. The second kappa shape index (κ2) is 10.8. The van der Waals surface area contributed by atoms with Gasteiger partial charge in [0.2, 0.25) is 21.1 Å². The van der Waals surface area contributed by atoms with Crippen LogP contribution in [-0.2, 0) is 14.8 Å². The summed E-state index contributed by atoms with van der Waals surface area (Å²) < 4.78 is 33.5. The first-order chi connectivity index (χ1) is 15.8. The summed E-state index contributed by atoms with van der Waals surface area (Å²) in [6.45, 7) is 6.31.